The maximum atomic E-state index is 13.0. The van der Waals surface area contributed by atoms with E-state index in [4.69, 9.17) is 4.74 Å². The van der Waals surface area contributed by atoms with Gasteiger partial charge in [-0.15, -0.1) is 0 Å². The van der Waals surface area contributed by atoms with E-state index in [1.807, 2.05) is 31.0 Å². The molecule has 3 heterocycles. The quantitative estimate of drug-likeness (QED) is 0.668. The zero-order valence-corrected chi connectivity index (χ0v) is 16.8. The zero-order valence-electron chi connectivity index (χ0n) is 16.8. The molecule has 6 heteroatoms. The number of halogens is 1. The molecule has 0 bridgehead atoms. The highest BCUT2D eigenvalue weighted by Gasteiger charge is 2.32. The normalized spacial score (nSPS) is 17.1. The summed E-state index contributed by atoms with van der Waals surface area (Å²) in [4.78, 5) is 22.4. The van der Waals surface area contributed by atoms with Gasteiger partial charge in [-0.05, 0) is 48.4 Å². The Balaban J connectivity index is 1.34. The number of likely N-dealkylation sites (tertiary alicyclic amines) is 1. The van der Waals surface area contributed by atoms with Crippen LogP contribution < -0.4 is 4.74 Å². The number of aromatic amines is 1. The Kier molecular flexibility index (Phi) is 5.26. The minimum absolute atomic E-state index is 0.151. The Morgan fingerprint density at radius 1 is 1.31 bits per heavy atom. The van der Waals surface area contributed by atoms with Crippen molar-refractivity contribution >= 4 is 16.9 Å². The first-order chi connectivity index (χ1) is 13.9. The third-order valence-electron chi connectivity index (χ3n) is 5.54. The predicted octanol–water partition coefficient (Wildman–Crippen LogP) is 4.51. The first kappa shape index (κ1) is 19.4. The topological polar surface area (TPSA) is 58.2 Å². The number of aromatic nitrogens is 2. The number of nitrogens with zero attached hydrogens (tertiary/aromatic N) is 2. The Bertz CT molecular complexity index is 997. The van der Waals surface area contributed by atoms with Crippen molar-refractivity contribution < 1.29 is 13.9 Å². The van der Waals surface area contributed by atoms with Gasteiger partial charge in [0.25, 0.3) is 0 Å². The lowest BCUT2D eigenvalue weighted by Gasteiger charge is -2.27. The number of carbonyl (C=O) groups excluding carboxylic acids is 1. The minimum Gasteiger partial charge on any atom is -0.493 e. The van der Waals surface area contributed by atoms with Gasteiger partial charge in [-0.1, -0.05) is 13.8 Å². The van der Waals surface area contributed by atoms with Crippen LogP contribution in [0.5, 0.6) is 5.75 Å². The molecule has 1 amide bonds. The number of benzene rings is 1. The van der Waals surface area contributed by atoms with Crippen LogP contribution in [-0.4, -0.2) is 40.5 Å². The van der Waals surface area contributed by atoms with Crippen molar-refractivity contribution in [3.05, 3.63) is 60.2 Å². The van der Waals surface area contributed by atoms with Crippen LogP contribution in [0, 0.1) is 11.2 Å². The Morgan fingerprint density at radius 3 is 2.90 bits per heavy atom. The van der Waals surface area contributed by atoms with Gasteiger partial charge < -0.3 is 14.6 Å². The highest BCUT2D eigenvalue weighted by atomic mass is 19.1. The standard InChI is InChI=1S/C23H26FN3O2/c1-23(2,15-29-18-7-5-17(24)6-8-18)12-21(28)27-11-9-16(14-27)20-13-26-22-19(20)4-3-10-25-22/h3-8,10,13,16H,9,11-12,14-15H2,1-2H3,(H,25,26). The van der Waals surface area contributed by atoms with Crippen LogP contribution in [0.25, 0.3) is 11.0 Å². The van der Waals surface area contributed by atoms with E-state index >= 15 is 0 Å². The van der Waals surface area contributed by atoms with E-state index in [-0.39, 0.29) is 17.1 Å². The van der Waals surface area contributed by atoms with Crippen LogP contribution in [0.2, 0.25) is 0 Å². The maximum Gasteiger partial charge on any atom is 0.223 e. The molecule has 1 atom stereocenters. The van der Waals surface area contributed by atoms with Crippen molar-refractivity contribution in [2.45, 2.75) is 32.6 Å². The first-order valence-electron chi connectivity index (χ1n) is 9.99. The summed E-state index contributed by atoms with van der Waals surface area (Å²) in [7, 11) is 0. The minimum atomic E-state index is -0.311. The SMILES string of the molecule is CC(C)(COc1ccc(F)cc1)CC(=O)N1CCC(c2c[nH]c3ncccc23)C1. The zero-order chi connectivity index (χ0) is 20.4. The second kappa shape index (κ2) is 7.85. The molecule has 0 aliphatic carbocycles. The number of H-pyrrole nitrogens is 1. The summed E-state index contributed by atoms with van der Waals surface area (Å²) >= 11 is 0. The highest BCUT2D eigenvalue weighted by molar-refractivity contribution is 5.81. The van der Waals surface area contributed by atoms with E-state index in [1.165, 1.54) is 17.7 Å². The highest BCUT2D eigenvalue weighted by Crippen LogP contribution is 2.33. The molecule has 1 unspecified atom stereocenters. The van der Waals surface area contributed by atoms with Crippen molar-refractivity contribution in [3.8, 4) is 5.75 Å². The molecule has 0 spiro atoms. The molecule has 0 radical (unpaired) electrons. The second-order valence-corrected chi connectivity index (χ2v) is 8.55. The van der Waals surface area contributed by atoms with Crippen molar-refractivity contribution in [1.82, 2.24) is 14.9 Å². The van der Waals surface area contributed by atoms with Crippen LogP contribution in [-0.2, 0) is 4.79 Å². The van der Waals surface area contributed by atoms with E-state index in [9.17, 15) is 9.18 Å². The van der Waals surface area contributed by atoms with E-state index in [0.29, 0.717) is 24.7 Å². The summed E-state index contributed by atoms with van der Waals surface area (Å²) in [6, 6.07) is 9.98. The number of hydrogen-bond donors (Lipinski definition) is 1. The van der Waals surface area contributed by atoms with E-state index in [1.54, 1.807) is 18.3 Å². The summed E-state index contributed by atoms with van der Waals surface area (Å²) in [5.74, 6) is 0.802. The van der Waals surface area contributed by atoms with Gasteiger partial charge in [0.1, 0.15) is 17.2 Å². The molecule has 1 aliphatic rings. The third kappa shape index (κ3) is 4.42. The molecule has 1 N–H and O–H groups in total. The number of hydrogen-bond acceptors (Lipinski definition) is 3. The monoisotopic (exact) mass is 395 g/mol. The molecular formula is C23H26FN3O2. The van der Waals surface area contributed by atoms with Gasteiger partial charge in [0.15, 0.2) is 0 Å². The van der Waals surface area contributed by atoms with E-state index in [2.05, 4.69) is 16.0 Å². The van der Waals surface area contributed by atoms with Crippen LogP contribution in [0.3, 0.4) is 0 Å². The van der Waals surface area contributed by atoms with Gasteiger partial charge in [-0.3, -0.25) is 4.79 Å². The Labute approximate surface area is 169 Å². The molecular weight excluding hydrogens is 369 g/mol. The summed E-state index contributed by atoms with van der Waals surface area (Å²) in [6.07, 6.45) is 5.18. The number of pyridine rings is 1. The molecule has 2 aromatic heterocycles. The van der Waals surface area contributed by atoms with Gasteiger partial charge in [0.2, 0.25) is 5.91 Å². The van der Waals surface area contributed by atoms with Crippen LogP contribution in [0.4, 0.5) is 4.39 Å². The van der Waals surface area contributed by atoms with Gasteiger partial charge >= 0.3 is 0 Å². The van der Waals surface area contributed by atoms with Crippen LogP contribution in [0.15, 0.2) is 48.8 Å². The lowest BCUT2D eigenvalue weighted by molar-refractivity contribution is -0.132. The van der Waals surface area contributed by atoms with Crippen LogP contribution in [0.1, 0.15) is 38.2 Å². The fourth-order valence-corrected chi connectivity index (χ4v) is 3.94. The first-order valence-corrected chi connectivity index (χ1v) is 9.99. The summed E-state index contributed by atoms with van der Waals surface area (Å²) in [5.41, 5.74) is 1.82. The Morgan fingerprint density at radius 2 is 2.10 bits per heavy atom. The van der Waals surface area contributed by atoms with Crippen molar-refractivity contribution in [3.63, 3.8) is 0 Å². The fourth-order valence-electron chi connectivity index (χ4n) is 3.94. The summed E-state index contributed by atoms with van der Waals surface area (Å²) in [6.45, 7) is 5.94. The average molecular weight is 395 g/mol. The van der Waals surface area contributed by atoms with Gasteiger partial charge in [-0.25, -0.2) is 9.37 Å². The molecule has 29 heavy (non-hydrogen) atoms. The fraction of sp³-hybridized carbons (Fsp3) is 0.391. The third-order valence-corrected chi connectivity index (χ3v) is 5.54. The molecule has 152 valence electrons. The largest absolute Gasteiger partial charge is 0.493 e. The van der Waals surface area contributed by atoms with Gasteiger partial charge in [0.05, 0.1) is 6.61 Å². The molecule has 1 aliphatic heterocycles. The maximum absolute atomic E-state index is 13.0. The van der Waals surface area contributed by atoms with Crippen molar-refractivity contribution in [2.24, 2.45) is 5.41 Å². The summed E-state index contributed by atoms with van der Waals surface area (Å²) in [5, 5.41) is 1.14. The molecule has 5 nitrogen and oxygen atoms in total. The number of fused-ring (bicyclic) bond motifs is 1. The molecule has 3 aromatic rings. The second-order valence-electron chi connectivity index (χ2n) is 8.55. The summed E-state index contributed by atoms with van der Waals surface area (Å²) < 4.78 is 18.8. The number of amides is 1. The molecule has 1 fully saturated rings. The number of ether oxygens (including phenoxy) is 1. The van der Waals surface area contributed by atoms with Gasteiger partial charge in [-0.2, -0.15) is 0 Å². The lowest BCUT2D eigenvalue weighted by Crippen LogP contribution is -2.34. The smallest absolute Gasteiger partial charge is 0.223 e. The van der Waals surface area contributed by atoms with Crippen LogP contribution >= 0.6 is 0 Å². The molecule has 1 saturated heterocycles. The Hall–Kier alpha value is -2.89. The molecule has 0 saturated carbocycles. The molecule has 4 rings (SSSR count). The number of rotatable bonds is 6. The van der Waals surface area contributed by atoms with Crippen molar-refractivity contribution in [2.75, 3.05) is 19.7 Å². The lowest BCUT2D eigenvalue weighted by atomic mass is 9.89. The van der Waals surface area contributed by atoms with E-state index < -0.39 is 0 Å². The van der Waals surface area contributed by atoms with Gasteiger partial charge in [0, 0.05) is 48.6 Å². The molecule has 1 aromatic carbocycles. The predicted molar refractivity (Wildman–Crippen MR) is 110 cm³/mol. The number of nitrogens with one attached hydrogen (secondary N) is 1. The van der Waals surface area contributed by atoms with Crippen molar-refractivity contribution in [1.29, 1.82) is 0 Å². The van der Waals surface area contributed by atoms with E-state index in [0.717, 1.165) is 30.5 Å². The average Bonchev–Trinajstić information content (AvgIpc) is 3.34. The number of carbonyl (C=O) groups is 1.